The first-order chi connectivity index (χ1) is 8.13. The second-order valence-corrected chi connectivity index (χ2v) is 4.38. The van der Waals surface area contributed by atoms with E-state index < -0.39 is 0 Å². The van der Waals surface area contributed by atoms with E-state index in [0.717, 1.165) is 6.42 Å². The molecule has 0 radical (unpaired) electrons. The molecule has 1 aliphatic rings. The zero-order valence-corrected chi connectivity index (χ0v) is 10.7. The lowest BCUT2D eigenvalue weighted by atomic mass is 10.2. The van der Waals surface area contributed by atoms with Crippen molar-refractivity contribution in [3.05, 3.63) is 27.7 Å². The third-order valence-corrected chi connectivity index (χ3v) is 2.99. The Morgan fingerprint density at radius 3 is 2.53 bits per heavy atom. The van der Waals surface area contributed by atoms with Crippen molar-refractivity contribution in [1.82, 2.24) is 5.06 Å². The van der Waals surface area contributed by atoms with Gasteiger partial charge in [-0.1, -0.05) is 23.2 Å². The molecule has 0 bridgehead atoms. The molecule has 6 heteroatoms. The molecule has 0 aliphatic carbocycles. The van der Waals surface area contributed by atoms with Crippen molar-refractivity contribution in [2.24, 2.45) is 0 Å². The van der Waals surface area contributed by atoms with Crippen molar-refractivity contribution in [2.45, 2.75) is 6.42 Å². The summed E-state index contributed by atoms with van der Waals surface area (Å²) >= 11 is 11.9. The van der Waals surface area contributed by atoms with Crippen LogP contribution in [0.1, 0.15) is 16.8 Å². The van der Waals surface area contributed by atoms with Crippen molar-refractivity contribution in [1.29, 1.82) is 0 Å². The maximum Gasteiger partial charge on any atom is 0.277 e. The fraction of sp³-hybridized carbons (Fsp3) is 0.364. The number of rotatable bonds is 2. The molecule has 1 heterocycles. The standard InChI is InChI=1S/C11H11Cl2NO3/c1-16-10-8(12)5-7(6-9(10)13)11(15)14-3-2-4-17-14/h5-6H,2-4H2,1H3. The molecule has 0 saturated carbocycles. The highest BCUT2D eigenvalue weighted by Crippen LogP contribution is 2.34. The molecule has 1 fully saturated rings. The van der Waals surface area contributed by atoms with Crippen LogP contribution in [0.25, 0.3) is 0 Å². The second kappa shape index (κ2) is 5.12. The molecule has 0 unspecified atom stereocenters. The van der Waals surface area contributed by atoms with Gasteiger partial charge < -0.3 is 4.74 Å². The smallest absolute Gasteiger partial charge is 0.277 e. The molecule has 0 spiro atoms. The summed E-state index contributed by atoms with van der Waals surface area (Å²) in [6.07, 6.45) is 0.837. The van der Waals surface area contributed by atoms with E-state index in [-0.39, 0.29) is 5.91 Å². The van der Waals surface area contributed by atoms with Crippen LogP contribution >= 0.6 is 23.2 Å². The van der Waals surface area contributed by atoms with Crippen LogP contribution in [0.3, 0.4) is 0 Å². The predicted molar refractivity (Wildman–Crippen MR) is 64.6 cm³/mol. The number of halogens is 2. The highest BCUT2D eigenvalue weighted by Gasteiger charge is 2.22. The fourth-order valence-electron chi connectivity index (χ4n) is 1.63. The van der Waals surface area contributed by atoms with Gasteiger partial charge in [0.15, 0.2) is 5.75 Å². The number of hydrogen-bond acceptors (Lipinski definition) is 3. The molecule has 17 heavy (non-hydrogen) atoms. The Labute approximate surface area is 109 Å². The molecule has 1 amide bonds. The largest absolute Gasteiger partial charge is 0.494 e. The number of hydroxylamine groups is 2. The molecule has 0 atom stereocenters. The molecule has 0 N–H and O–H groups in total. The number of benzene rings is 1. The molecule has 92 valence electrons. The minimum Gasteiger partial charge on any atom is -0.494 e. The summed E-state index contributed by atoms with van der Waals surface area (Å²) in [5.74, 6) is 0.126. The van der Waals surface area contributed by atoms with Crippen LogP contribution in [0.4, 0.5) is 0 Å². The van der Waals surface area contributed by atoms with E-state index in [2.05, 4.69) is 0 Å². The highest BCUT2D eigenvalue weighted by atomic mass is 35.5. The summed E-state index contributed by atoms with van der Waals surface area (Å²) in [5, 5.41) is 1.93. The number of ether oxygens (including phenoxy) is 1. The van der Waals surface area contributed by atoms with Gasteiger partial charge in [0.25, 0.3) is 5.91 Å². The van der Waals surface area contributed by atoms with Gasteiger partial charge in [-0.15, -0.1) is 0 Å². The lowest BCUT2D eigenvalue weighted by molar-refractivity contribution is -0.0768. The van der Waals surface area contributed by atoms with E-state index in [1.807, 2.05) is 0 Å². The van der Waals surface area contributed by atoms with E-state index in [9.17, 15) is 4.79 Å². The summed E-state index contributed by atoms with van der Waals surface area (Å²) < 4.78 is 5.02. The molecular formula is C11H11Cl2NO3. The zero-order chi connectivity index (χ0) is 12.4. The number of carbonyl (C=O) groups excluding carboxylic acids is 1. The molecular weight excluding hydrogens is 265 g/mol. The van der Waals surface area contributed by atoms with E-state index in [0.29, 0.717) is 34.5 Å². The van der Waals surface area contributed by atoms with Crippen LogP contribution < -0.4 is 4.74 Å². The first-order valence-electron chi connectivity index (χ1n) is 5.11. The van der Waals surface area contributed by atoms with Gasteiger partial charge in [-0.25, -0.2) is 5.06 Å². The SMILES string of the molecule is COc1c(Cl)cc(C(=O)N2CCCO2)cc1Cl. The molecule has 2 rings (SSSR count). The van der Waals surface area contributed by atoms with Gasteiger partial charge in [-0.3, -0.25) is 9.63 Å². The molecule has 4 nitrogen and oxygen atoms in total. The Morgan fingerprint density at radius 1 is 1.41 bits per heavy atom. The highest BCUT2D eigenvalue weighted by molar-refractivity contribution is 6.37. The zero-order valence-electron chi connectivity index (χ0n) is 9.20. The van der Waals surface area contributed by atoms with Crippen LogP contribution in [0, 0.1) is 0 Å². The fourth-order valence-corrected chi connectivity index (χ4v) is 2.27. The van der Waals surface area contributed by atoms with Crippen molar-refractivity contribution in [3.8, 4) is 5.75 Å². The van der Waals surface area contributed by atoms with Crippen molar-refractivity contribution in [3.63, 3.8) is 0 Å². The normalized spacial score (nSPS) is 15.1. The summed E-state index contributed by atoms with van der Waals surface area (Å²) in [7, 11) is 1.47. The Bertz CT molecular complexity index is 421. The average molecular weight is 276 g/mol. The Morgan fingerprint density at radius 2 is 2.06 bits per heavy atom. The van der Waals surface area contributed by atoms with Crippen LogP contribution in [0.15, 0.2) is 12.1 Å². The number of methoxy groups -OCH3 is 1. The third kappa shape index (κ3) is 2.49. The Balaban J connectivity index is 2.30. The minimum absolute atomic E-state index is 0.242. The van der Waals surface area contributed by atoms with E-state index in [4.69, 9.17) is 32.8 Å². The van der Waals surface area contributed by atoms with Crippen molar-refractivity contribution < 1.29 is 14.4 Å². The first-order valence-corrected chi connectivity index (χ1v) is 5.87. The summed E-state index contributed by atoms with van der Waals surface area (Å²) in [4.78, 5) is 17.2. The van der Waals surface area contributed by atoms with Gasteiger partial charge in [0.2, 0.25) is 0 Å². The van der Waals surface area contributed by atoms with Crippen molar-refractivity contribution in [2.75, 3.05) is 20.3 Å². The molecule has 0 aromatic heterocycles. The maximum atomic E-state index is 12.0. The van der Waals surface area contributed by atoms with Gasteiger partial charge in [0, 0.05) is 5.56 Å². The van der Waals surface area contributed by atoms with Crippen molar-refractivity contribution >= 4 is 29.1 Å². The van der Waals surface area contributed by atoms with Gasteiger partial charge in [0.1, 0.15) is 0 Å². The average Bonchev–Trinajstić information content (AvgIpc) is 2.81. The summed E-state index contributed by atoms with van der Waals surface area (Å²) in [6.45, 7) is 1.14. The minimum atomic E-state index is -0.242. The number of carbonyl (C=O) groups is 1. The van der Waals surface area contributed by atoms with E-state index >= 15 is 0 Å². The van der Waals surface area contributed by atoms with Crippen LogP contribution in [0.2, 0.25) is 10.0 Å². The van der Waals surface area contributed by atoms with Crippen LogP contribution in [-0.4, -0.2) is 31.2 Å². The van der Waals surface area contributed by atoms with Crippen LogP contribution in [0.5, 0.6) is 5.75 Å². The van der Waals surface area contributed by atoms with Crippen LogP contribution in [-0.2, 0) is 4.84 Å². The van der Waals surface area contributed by atoms with Gasteiger partial charge in [-0.05, 0) is 18.6 Å². The number of hydrogen-bond donors (Lipinski definition) is 0. The Hall–Kier alpha value is -0.970. The lowest BCUT2D eigenvalue weighted by Gasteiger charge is -2.15. The van der Waals surface area contributed by atoms with E-state index in [1.54, 1.807) is 0 Å². The first kappa shape index (κ1) is 12.5. The number of amides is 1. The monoisotopic (exact) mass is 275 g/mol. The lowest BCUT2D eigenvalue weighted by Crippen LogP contribution is -2.26. The Kier molecular flexibility index (Phi) is 3.76. The quantitative estimate of drug-likeness (QED) is 0.833. The molecule has 1 aliphatic heterocycles. The second-order valence-electron chi connectivity index (χ2n) is 3.57. The van der Waals surface area contributed by atoms with Gasteiger partial charge >= 0.3 is 0 Å². The van der Waals surface area contributed by atoms with E-state index in [1.165, 1.54) is 24.3 Å². The van der Waals surface area contributed by atoms with Gasteiger partial charge in [0.05, 0.1) is 30.3 Å². The maximum absolute atomic E-state index is 12.0. The topological polar surface area (TPSA) is 38.8 Å². The summed E-state index contributed by atoms with van der Waals surface area (Å²) in [5.41, 5.74) is 0.391. The molecule has 1 aromatic rings. The summed E-state index contributed by atoms with van der Waals surface area (Å²) in [6, 6.07) is 3.05. The number of nitrogens with zero attached hydrogens (tertiary/aromatic N) is 1. The third-order valence-electron chi connectivity index (χ3n) is 2.43. The predicted octanol–water partition coefficient (Wildman–Crippen LogP) is 2.78. The van der Waals surface area contributed by atoms with Gasteiger partial charge in [-0.2, -0.15) is 0 Å². The molecule has 1 aromatic carbocycles. The molecule has 1 saturated heterocycles.